The lowest BCUT2D eigenvalue weighted by Crippen LogP contribution is -2.46. The molecule has 1 aliphatic heterocycles. The van der Waals surface area contributed by atoms with Gasteiger partial charge in [0, 0.05) is 12.4 Å². The van der Waals surface area contributed by atoms with Gasteiger partial charge in [0.25, 0.3) is 17.7 Å². The monoisotopic (exact) mass is 273 g/mol. The van der Waals surface area contributed by atoms with Crippen LogP contribution < -0.4 is 5.43 Å². The largest absolute Gasteiger partial charge is 0.272 e. The van der Waals surface area contributed by atoms with Crippen LogP contribution in [-0.2, 0) is 9.59 Å². The van der Waals surface area contributed by atoms with E-state index in [-0.39, 0.29) is 23.7 Å². The predicted molar refractivity (Wildman–Crippen MR) is 69.0 cm³/mol. The number of carbonyl (C=O) groups is 3. The van der Waals surface area contributed by atoms with Gasteiger partial charge in [-0.1, -0.05) is 12.8 Å². The van der Waals surface area contributed by atoms with E-state index in [9.17, 15) is 14.4 Å². The molecule has 6 heteroatoms. The Labute approximate surface area is 116 Å². The molecule has 1 aliphatic carbocycles. The summed E-state index contributed by atoms with van der Waals surface area (Å²) in [4.78, 5) is 40.2. The normalized spacial score (nSPS) is 25.5. The summed E-state index contributed by atoms with van der Waals surface area (Å²) in [6.45, 7) is 0. The number of hydrogen-bond donors (Lipinski definition) is 1. The Hall–Kier alpha value is -2.24. The first-order valence-corrected chi connectivity index (χ1v) is 6.77. The van der Waals surface area contributed by atoms with Gasteiger partial charge in [0.1, 0.15) is 0 Å². The molecule has 2 heterocycles. The third kappa shape index (κ3) is 2.07. The van der Waals surface area contributed by atoms with E-state index in [4.69, 9.17) is 0 Å². The molecule has 1 aromatic rings. The smallest absolute Gasteiger partial charge is 0.271 e. The number of fused-ring (bicyclic) bond motifs is 1. The van der Waals surface area contributed by atoms with Crippen molar-refractivity contribution in [2.75, 3.05) is 0 Å². The molecule has 1 saturated carbocycles. The summed E-state index contributed by atoms with van der Waals surface area (Å²) < 4.78 is 0. The molecule has 3 amide bonds. The van der Waals surface area contributed by atoms with Crippen LogP contribution in [0.2, 0.25) is 0 Å². The highest BCUT2D eigenvalue weighted by atomic mass is 16.2. The van der Waals surface area contributed by atoms with E-state index >= 15 is 0 Å². The van der Waals surface area contributed by atoms with Crippen LogP contribution in [0.1, 0.15) is 36.0 Å². The SMILES string of the molecule is O=C(NN1C(=O)[C@H]2CCCC[C@@H]2C1=O)c1cccnc1. The van der Waals surface area contributed by atoms with Gasteiger partial charge in [-0.3, -0.25) is 24.8 Å². The van der Waals surface area contributed by atoms with Gasteiger partial charge in [-0.2, -0.15) is 5.01 Å². The zero-order chi connectivity index (χ0) is 14.1. The van der Waals surface area contributed by atoms with Gasteiger partial charge in [-0.05, 0) is 25.0 Å². The van der Waals surface area contributed by atoms with Gasteiger partial charge < -0.3 is 0 Å². The van der Waals surface area contributed by atoms with E-state index < -0.39 is 5.91 Å². The van der Waals surface area contributed by atoms with Gasteiger partial charge >= 0.3 is 0 Å². The van der Waals surface area contributed by atoms with E-state index in [0.29, 0.717) is 5.56 Å². The topological polar surface area (TPSA) is 79.4 Å². The van der Waals surface area contributed by atoms with E-state index in [1.807, 2.05) is 0 Å². The van der Waals surface area contributed by atoms with Crippen LogP contribution in [0.15, 0.2) is 24.5 Å². The van der Waals surface area contributed by atoms with Crippen LogP contribution >= 0.6 is 0 Å². The maximum absolute atomic E-state index is 12.2. The number of pyridine rings is 1. The Morgan fingerprint density at radius 3 is 2.40 bits per heavy atom. The number of aromatic nitrogens is 1. The lowest BCUT2D eigenvalue weighted by Gasteiger charge is -2.19. The zero-order valence-corrected chi connectivity index (χ0v) is 10.9. The summed E-state index contributed by atoms with van der Waals surface area (Å²) in [7, 11) is 0. The van der Waals surface area contributed by atoms with Crippen molar-refractivity contribution in [3.8, 4) is 0 Å². The summed E-state index contributed by atoms with van der Waals surface area (Å²) >= 11 is 0. The molecule has 3 rings (SSSR count). The molecule has 1 saturated heterocycles. The minimum atomic E-state index is -0.488. The van der Waals surface area contributed by atoms with Crippen molar-refractivity contribution in [3.05, 3.63) is 30.1 Å². The number of rotatable bonds is 2. The summed E-state index contributed by atoms with van der Waals surface area (Å²) in [6.07, 6.45) is 6.34. The van der Waals surface area contributed by atoms with Crippen LogP contribution in [0.3, 0.4) is 0 Å². The molecule has 104 valence electrons. The number of nitrogens with zero attached hydrogens (tertiary/aromatic N) is 2. The van der Waals surface area contributed by atoms with Gasteiger partial charge in [0.05, 0.1) is 17.4 Å². The maximum Gasteiger partial charge on any atom is 0.271 e. The molecule has 0 radical (unpaired) electrons. The average molecular weight is 273 g/mol. The Balaban J connectivity index is 1.76. The first-order chi connectivity index (χ1) is 9.68. The zero-order valence-electron chi connectivity index (χ0n) is 10.9. The standard InChI is InChI=1S/C14H15N3O3/c18-12(9-4-3-7-15-8-9)16-17-13(19)10-5-1-2-6-11(10)14(17)20/h3-4,7-8,10-11H,1-2,5-6H2,(H,16,18)/t10-,11-/m0/s1. The molecular formula is C14H15N3O3. The van der Waals surface area contributed by atoms with Crippen molar-refractivity contribution < 1.29 is 14.4 Å². The number of nitrogens with one attached hydrogen (secondary N) is 1. The fraction of sp³-hybridized carbons (Fsp3) is 0.429. The van der Waals surface area contributed by atoms with Crippen molar-refractivity contribution in [1.29, 1.82) is 0 Å². The van der Waals surface area contributed by atoms with E-state index in [1.54, 1.807) is 18.3 Å². The second kappa shape index (κ2) is 5.03. The molecule has 6 nitrogen and oxygen atoms in total. The van der Waals surface area contributed by atoms with Crippen molar-refractivity contribution in [3.63, 3.8) is 0 Å². The Bertz CT molecular complexity index is 534. The molecule has 1 aromatic heterocycles. The minimum absolute atomic E-state index is 0.259. The second-order valence-electron chi connectivity index (χ2n) is 5.19. The number of amides is 3. The molecule has 20 heavy (non-hydrogen) atoms. The van der Waals surface area contributed by atoms with Crippen molar-refractivity contribution in [1.82, 2.24) is 15.4 Å². The summed E-state index contributed by atoms with van der Waals surface area (Å²) in [5.74, 6) is -1.57. The second-order valence-corrected chi connectivity index (χ2v) is 5.19. The third-order valence-electron chi connectivity index (χ3n) is 3.98. The Morgan fingerprint density at radius 2 is 1.85 bits per heavy atom. The lowest BCUT2D eigenvalue weighted by atomic mass is 9.81. The Kier molecular flexibility index (Phi) is 3.22. The van der Waals surface area contributed by atoms with Gasteiger partial charge in [-0.25, -0.2) is 0 Å². The van der Waals surface area contributed by atoms with E-state index in [0.717, 1.165) is 30.7 Å². The maximum atomic E-state index is 12.2. The number of hydrogen-bond acceptors (Lipinski definition) is 4. The van der Waals surface area contributed by atoms with Crippen LogP contribution in [0.25, 0.3) is 0 Å². The van der Waals surface area contributed by atoms with E-state index in [2.05, 4.69) is 10.4 Å². The van der Waals surface area contributed by atoms with Crippen LogP contribution in [0.5, 0.6) is 0 Å². The molecule has 0 spiro atoms. The van der Waals surface area contributed by atoms with Gasteiger partial charge in [0.2, 0.25) is 0 Å². The minimum Gasteiger partial charge on any atom is -0.272 e. The molecule has 2 fully saturated rings. The number of carbonyl (C=O) groups excluding carboxylic acids is 3. The molecular weight excluding hydrogens is 258 g/mol. The van der Waals surface area contributed by atoms with Crippen molar-refractivity contribution in [2.45, 2.75) is 25.7 Å². The van der Waals surface area contributed by atoms with Crippen LogP contribution in [0, 0.1) is 11.8 Å². The fourth-order valence-corrected chi connectivity index (χ4v) is 2.94. The molecule has 2 aliphatic rings. The molecule has 0 bridgehead atoms. The molecule has 1 N–H and O–H groups in total. The number of hydrazine groups is 1. The Morgan fingerprint density at radius 1 is 1.20 bits per heavy atom. The average Bonchev–Trinajstić information content (AvgIpc) is 2.74. The quantitative estimate of drug-likeness (QED) is 0.812. The highest BCUT2D eigenvalue weighted by Crippen LogP contribution is 2.37. The molecule has 2 atom stereocenters. The fourth-order valence-electron chi connectivity index (χ4n) is 2.94. The first kappa shape index (κ1) is 12.8. The number of imide groups is 1. The van der Waals surface area contributed by atoms with E-state index in [1.165, 1.54) is 6.20 Å². The summed E-state index contributed by atoms with van der Waals surface area (Å²) in [6, 6.07) is 3.21. The third-order valence-corrected chi connectivity index (χ3v) is 3.98. The summed E-state index contributed by atoms with van der Waals surface area (Å²) in [5.41, 5.74) is 2.73. The van der Waals surface area contributed by atoms with Crippen molar-refractivity contribution >= 4 is 17.7 Å². The van der Waals surface area contributed by atoms with Crippen LogP contribution in [0.4, 0.5) is 0 Å². The van der Waals surface area contributed by atoms with Crippen molar-refractivity contribution in [2.24, 2.45) is 11.8 Å². The van der Waals surface area contributed by atoms with Gasteiger partial charge in [0.15, 0.2) is 0 Å². The predicted octanol–water partition coefficient (Wildman–Crippen LogP) is 0.902. The van der Waals surface area contributed by atoms with Gasteiger partial charge in [-0.15, -0.1) is 0 Å². The lowest BCUT2D eigenvalue weighted by molar-refractivity contribution is -0.142. The highest BCUT2D eigenvalue weighted by molar-refractivity contribution is 6.07. The van der Waals surface area contributed by atoms with Crippen LogP contribution in [-0.4, -0.2) is 27.7 Å². The molecule has 0 aromatic carbocycles. The molecule has 0 unspecified atom stereocenters. The first-order valence-electron chi connectivity index (χ1n) is 6.77. The summed E-state index contributed by atoms with van der Waals surface area (Å²) in [5, 5.41) is 0.899. The highest BCUT2D eigenvalue weighted by Gasteiger charge is 2.49.